The van der Waals surface area contributed by atoms with Gasteiger partial charge in [-0.3, -0.25) is 10.1 Å². The molecule has 1 aromatic heterocycles. The molecule has 0 amide bonds. The third-order valence-corrected chi connectivity index (χ3v) is 4.86. The van der Waals surface area contributed by atoms with Crippen LogP contribution >= 0.6 is 23.4 Å². The molecular weight excluding hydrogens is 300 g/mol. The first-order valence-electron chi connectivity index (χ1n) is 6.59. The van der Waals surface area contributed by atoms with Gasteiger partial charge in [-0.05, 0) is 37.1 Å². The van der Waals surface area contributed by atoms with Crippen molar-refractivity contribution in [3.05, 3.63) is 21.1 Å². The number of hydrogen-bond acceptors (Lipinski definition) is 6. The molecule has 1 heterocycles. The highest BCUT2D eigenvalue weighted by Gasteiger charge is 2.30. The maximum atomic E-state index is 11.2. The fourth-order valence-corrected chi connectivity index (χ4v) is 3.94. The van der Waals surface area contributed by atoms with Crippen molar-refractivity contribution in [2.24, 2.45) is 0 Å². The quantitative estimate of drug-likeness (QED) is 0.509. The standard InChI is InChI=1S/C12H17ClN4O2S/c1-3-20-9-6-4-5-8(9)15-11-10(17(18)19)7(2)14-12(13)16-11/h8-9H,3-6H2,1-2H3,(H,14,15,16). The average Bonchev–Trinajstić information content (AvgIpc) is 2.75. The van der Waals surface area contributed by atoms with Crippen LogP contribution in [0.15, 0.2) is 0 Å². The number of thioether (sulfide) groups is 1. The van der Waals surface area contributed by atoms with Gasteiger partial charge >= 0.3 is 5.69 Å². The first-order chi connectivity index (χ1) is 9.52. The summed E-state index contributed by atoms with van der Waals surface area (Å²) in [6.07, 6.45) is 3.25. The Morgan fingerprint density at radius 2 is 2.25 bits per heavy atom. The molecule has 6 nitrogen and oxygen atoms in total. The molecule has 2 unspecified atom stereocenters. The maximum Gasteiger partial charge on any atom is 0.332 e. The number of aryl methyl sites for hydroxylation is 1. The molecule has 110 valence electrons. The average molecular weight is 317 g/mol. The number of nitrogens with zero attached hydrogens (tertiary/aromatic N) is 3. The topological polar surface area (TPSA) is 81.0 Å². The third-order valence-electron chi connectivity index (χ3n) is 3.37. The molecule has 1 aliphatic carbocycles. The highest BCUT2D eigenvalue weighted by Crippen LogP contribution is 2.34. The molecule has 0 radical (unpaired) electrons. The predicted octanol–water partition coefficient (Wildman–Crippen LogP) is 3.43. The van der Waals surface area contributed by atoms with Crippen molar-refractivity contribution in [1.82, 2.24) is 9.97 Å². The molecule has 0 spiro atoms. The van der Waals surface area contributed by atoms with Crippen molar-refractivity contribution >= 4 is 34.9 Å². The van der Waals surface area contributed by atoms with Crippen molar-refractivity contribution in [2.75, 3.05) is 11.1 Å². The molecule has 0 bridgehead atoms. The first kappa shape index (κ1) is 15.3. The Hall–Kier alpha value is -1.08. The number of aromatic nitrogens is 2. The van der Waals surface area contributed by atoms with Crippen LogP contribution in [0.25, 0.3) is 0 Å². The zero-order valence-electron chi connectivity index (χ0n) is 11.4. The summed E-state index contributed by atoms with van der Waals surface area (Å²) in [5.74, 6) is 1.27. The van der Waals surface area contributed by atoms with Crippen LogP contribution in [-0.4, -0.2) is 31.9 Å². The molecule has 1 aromatic rings. The summed E-state index contributed by atoms with van der Waals surface area (Å²) in [4.78, 5) is 18.6. The van der Waals surface area contributed by atoms with E-state index in [9.17, 15) is 10.1 Å². The molecule has 0 aliphatic heterocycles. The molecular formula is C12H17ClN4O2S. The molecule has 0 aromatic carbocycles. The Kier molecular flexibility index (Phi) is 5.04. The molecule has 20 heavy (non-hydrogen) atoms. The van der Waals surface area contributed by atoms with E-state index >= 15 is 0 Å². The van der Waals surface area contributed by atoms with Crippen LogP contribution in [-0.2, 0) is 0 Å². The summed E-state index contributed by atoms with van der Waals surface area (Å²) < 4.78 is 0. The lowest BCUT2D eigenvalue weighted by molar-refractivity contribution is -0.385. The van der Waals surface area contributed by atoms with Crippen molar-refractivity contribution in [3.63, 3.8) is 0 Å². The Morgan fingerprint density at radius 3 is 2.90 bits per heavy atom. The van der Waals surface area contributed by atoms with Crippen LogP contribution in [0.2, 0.25) is 5.28 Å². The predicted molar refractivity (Wildman–Crippen MR) is 81.6 cm³/mol. The summed E-state index contributed by atoms with van der Waals surface area (Å²) >= 11 is 7.70. The summed E-state index contributed by atoms with van der Waals surface area (Å²) in [5, 5.41) is 14.9. The lowest BCUT2D eigenvalue weighted by Gasteiger charge is -2.20. The minimum Gasteiger partial charge on any atom is -0.360 e. The summed E-state index contributed by atoms with van der Waals surface area (Å²) in [6, 6.07) is 0.198. The Morgan fingerprint density at radius 1 is 1.50 bits per heavy atom. The van der Waals surface area contributed by atoms with Gasteiger partial charge in [0.25, 0.3) is 0 Å². The Labute approximate surface area is 126 Å². The van der Waals surface area contributed by atoms with E-state index in [1.165, 1.54) is 0 Å². The van der Waals surface area contributed by atoms with Crippen LogP contribution in [0.1, 0.15) is 31.9 Å². The smallest absolute Gasteiger partial charge is 0.332 e. The van der Waals surface area contributed by atoms with E-state index < -0.39 is 4.92 Å². The second-order valence-electron chi connectivity index (χ2n) is 4.71. The van der Waals surface area contributed by atoms with E-state index in [-0.39, 0.29) is 28.5 Å². The number of rotatable bonds is 5. The molecule has 1 fully saturated rings. The second kappa shape index (κ2) is 6.58. The first-order valence-corrected chi connectivity index (χ1v) is 8.02. The van der Waals surface area contributed by atoms with E-state index in [0.29, 0.717) is 5.25 Å². The SMILES string of the molecule is CCSC1CCCC1Nc1nc(Cl)nc(C)c1[N+](=O)[O-]. The maximum absolute atomic E-state index is 11.2. The summed E-state index contributed by atoms with van der Waals surface area (Å²) in [5.41, 5.74) is 0.205. The minimum atomic E-state index is -0.453. The number of nitro groups is 1. The normalized spacial score (nSPS) is 21.9. The van der Waals surface area contributed by atoms with Gasteiger partial charge in [0.1, 0.15) is 5.69 Å². The Balaban J connectivity index is 2.26. The van der Waals surface area contributed by atoms with Gasteiger partial charge in [0.15, 0.2) is 0 Å². The van der Waals surface area contributed by atoms with Gasteiger partial charge in [0.2, 0.25) is 11.1 Å². The number of anilines is 1. The van der Waals surface area contributed by atoms with Crippen molar-refractivity contribution in [2.45, 2.75) is 44.4 Å². The van der Waals surface area contributed by atoms with E-state index in [2.05, 4.69) is 22.2 Å². The molecule has 0 saturated heterocycles. The van der Waals surface area contributed by atoms with Crippen LogP contribution in [0.5, 0.6) is 0 Å². The van der Waals surface area contributed by atoms with Crippen LogP contribution < -0.4 is 5.32 Å². The lowest BCUT2D eigenvalue weighted by atomic mass is 10.2. The number of hydrogen-bond donors (Lipinski definition) is 1. The van der Waals surface area contributed by atoms with E-state index in [1.807, 2.05) is 11.8 Å². The van der Waals surface area contributed by atoms with Gasteiger partial charge in [-0.2, -0.15) is 16.7 Å². The van der Waals surface area contributed by atoms with Crippen LogP contribution in [0.3, 0.4) is 0 Å². The van der Waals surface area contributed by atoms with Gasteiger partial charge < -0.3 is 5.32 Å². The highest BCUT2D eigenvalue weighted by molar-refractivity contribution is 7.99. The van der Waals surface area contributed by atoms with E-state index in [0.717, 1.165) is 25.0 Å². The highest BCUT2D eigenvalue weighted by atomic mass is 35.5. The monoisotopic (exact) mass is 316 g/mol. The molecule has 1 N–H and O–H groups in total. The second-order valence-corrected chi connectivity index (χ2v) is 6.56. The van der Waals surface area contributed by atoms with Gasteiger partial charge in [-0.25, -0.2) is 4.98 Å². The number of halogens is 1. The van der Waals surface area contributed by atoms with Crippen molar-refractivity contribution in [1.29, 1.82) is 0 Å². The molecule has 2 atom stereocenters. The van der Waals surface area contributed by atoms with Gasteiger partial charge in [-0.15, -0.1) is 0 Å². The molecule has 8 heteroatoms. The Bertz CT molecular complexity index is 514. The summed E-state index contributed by atoms with van der Waals surface area (Å²) in [7, 11) is 0. The fraction of sp³-hybridized carbons (Fsp3) is 0.667. The zero-order valence-corrected chi connectivity index (χ0v) is 13.0. The minimum absolute atomic E-state index is 0.0355. The molecule has 2 rings (SSSR count). The van der Waals surface area contributed by atoms with Crippen molar-refractivity contribution in [3.8, 4) is 0 Å². The lowest BCUT2D eigenvalue weighted by Crippen LogP contribution is -2.27. The fourth-order valence-electron chi connectivity index (χ4n) is 2.53. The van der Waals surface area contributed by atoms with Crippen molar-refractivity contribution < 1.29 is 4.92 Å². The van der Waals surface area contributed by atoms with E-state index in [4.69, 9.17) is 11.6 Å². The van der Waals surface area contributed by atoms with Gasteiger partial charge in [-0.1, -0.05) is 13.3 Å². The third kappa shape index (κ3) is 3.32. The van der Waals surface area contributed by atoms with E-state index in [1.54, 1.807) is 6.92 Å². The molecule has 1 saturated carbocycles. The van der Waals surface area contributed by atoms with Gasteiger partial charge in [0, 0.05) is 11.3 Å². The van der Waals surface area contributed by atoms with Gasteiger partial charge in [0.05, 0.1) is 4.92 Å². The zero-order chi connectivity index (χ0) is 14.7. The summed E-state index contributed by atoms with van der Waals surface area (Å²) in [6.45, 7) is 3.69. The van der Waals surface area contributed by atoms with Crippen LogP contribution in [0.4, 0.5) is 11.5 Å². The van der Waals surface area contributed by atoms with Crippen LogP contribution in [0, 0.1) is 17.0 Å². The largest absolute Gasteiger partial charge is 0.360 e. The number of nitrogens with one attached hydrogen (secondary N) is 1. The molecule has 1 aliphatic rings.